The van der Waals surface area contributed by atoms with Crippen molar-refractivity contribution in [3.63, 3.8) is 0 Å². The molecule has 0 fully saturated rings. The molecule has 2 aromatic heterocycles. The molecule has 0 unspecified atom stereocenters. The van der Waals surface area contributed by atoms with Crippen LogP contribution in [0.5, 0.6) is 0 Å². The van der Waals surface area contributed by atoms with Crippen LogP contribution in [0, 0.1) is 0 Å². The highest BCUT2D eigenvalue weighted by Gasteiger charge is 2.36. The van der Waals surface area contributed by atoms with Gasteiger partial charge in [0, 0.05) is 40.0 Å². The van der Waals surface area contributed by atoms with Gasteiger partial charge in [-0.1, -0.05) is 123 Å². The Bertz CT molecular complexity index is 2440. The lowest BCUT2D eigenvalue weighted by Crippen LogP contribution is -2.14. The summed E-state index contributed by atoms with van der Waals surface area (Å²) in [5.74, 6) is 1.55. The average molecular weight is 593 g/mol. The molecule has 0 spiro atoms. The van der Waals surface area contributed by atoms with E-state index >= 15 is 0 Å². The Balaban J connectivity index is 1.16. The first-order valence-electron chi connectivity index (χ1n) is 15.8. The highest BCUT2D eigenvalue weighted by atomic mass is 15.3. The molecule has 0 amide bonds. The van der Waals surface area contributed by atoms with Gasteiger partial charge in [0.05, 0.1) is 11.0 Å². The second-order valence-electron chi connectivity index (χ2n) is 12.8. The van der Waals surface area contributed by atoms with E-state index in [4.69, 9.17) is 10.1 Å². The summed E-state index contributed by atoms with van der Waals surface area (Å²) in [6.07, 6.45) is 0. The van der Waals surface area contributed by atoms with Gasteiger partial charge in [-0.15, -0.1) is 0 Å². The number of fused-ring (bicyclic) bond motifs is 6. The molecular weight excluding hydrogens is 560 g/mol. The molecular formula is C42H32N4. The maximum absolute atomic E-state index is 5.03. The van der Waals surface area contributed by atoms with E-state index in [1.165, 1.54) is 55.2 Å². The molecule has 1 aliphatic rings. The SMILES string of the molecule is Cn1nc(-c2cccc(-n3c4ccccc4c4cc5c(cc43)-c3ccccc3C5(C)C)c2)nc1-c1ccc(-c2ccccc2)cc1. The van der Waals surface area contributed by atoms with Crippen LogP contribution < -0.4 is 0 Å². The number of hydrogen-bond donors (Lipinski definition) is 0. The van der Waals surface area contributed by atoms with Crippen LogP contribution in [0.3, 0.4) is 0 Å². The van der Waals surface area contributed by atoms with Crippen LogP contribution in [-0.2, 0) is 12.5 Å². The van der Waals surface area contributed by atoms with Crippen LogP contribution in [0.15, 0.2) is 140 Å². The minimum Gasteiger partial charge on any atom is -0.309 e. The van der Waals surface area contributed by atoms with Gasteiger partial charge in [0.1, 0.15) is 0 Å². The zero-order valence-electron chi connectivity index (χ0n) is 26.1. The second-order valence-corrected chi connectivity index (χ2v) is 12.8. The van der Waals surface area contributed by atoms with Gasteiger partial charge < -0.3 is 4.57 Å². The molecule has 0 saturated carbocycles. The first-order valence-corrected chi connectivity index (χ1v) is 15.8. The van der Waals surface area contributed by atoms with Gasteiger partial charge in [-0.05, 0) is 63.7 Å². The van der Waals surface area contributed by atoms with Gasteiger partial charge in [-0.3, -0.25) is 0 Å². The number of hydrogen-bond acceptors (Lipinski definition) is 2. The van der Waals surface area contributed by atoms with Crippen molar-refractivity contribution < 1.29 is 0 Å². The lowest BCUT2D eigenvalue weighted by atomic mass is 9.82. The number of aryl methyl sites for hydroxylation is 1. The lowest BCUT2D eigenvalue weighted by molar-refractivity contribution is 0.661. The molecule has 46 heavy (non-hydrogen) atoms. The van der Waals surface area contributed by atoms with Gasteiger partial charge in [-0.25, -0.2) is 9.67 Å². The Morgan fingerprint density at radius 1 is 0.522 bits per heavy atom. The van der Waals surface area contributed by atoms with Crippen LogP contribution in [0.2, 0.25) is 0 Å². The van der Waals surface area contributed by atoms with E-state index in [9.17, 15) is 0 Å². The van der Waals surface area contributed by atoms with Gasteiger partial charge in [0.2, 0.25) is 0 Å². The zero-order chi connectivity index (χ0) is 31.0. The monoisotopic (exact) mass is 592 g/mol. The third kappa shape index (κ3) is 3.93. The number of benzene rings is 6. The topological polar surface area (TPSA) is 35.6 Å². The first kappa shape index (κ1) is 26.6. The number of aromatic nitrogens is 4. The quantitative estimate of drug-likeness (QED) is 0.204. The van der Waals surface area contributed by atoms with Gasteiger partial charge in [0.15, 0.2) is 11.6 Å². The van der Waals surface area contributed by atoms with Gasteiger partial charge >= 0.3 is 0 Å². The van der Waals surface area contributed by atoms with Crippen molar-refractivity contribution in [3.05, 3.63) is 151 Å². The van der Waals surface area contributed by atoms with Crippen molar-refractivity contribution in [2.75, 3.05) is 0 Å². The molecule has 8 aromatic rings. The Labute approximate surface area is 268 Å². The van der Waals surface area contributed by atoms with Crippen molar-refractivity contribution in [2.45, 2.75) is 19.3 Å². The minimum absolute atomic E-state index is 0.0482. The molecule has 0 atom stereocenters. The standard InChI is InChI=1S/C42H32N4/c1-42(2)36-18-9-7-16-32(36)34-26-39-35(25-37(34)42)33-17-8-10-19-38(33)46(39)31-15-11-14-30(24-31)40-43-41(45(3)44-40)29-22-20-28(21-23-29)27-12-5-4-6-13-27/h4-26H,1-3H3. The first-order chi connectivity index (χ1) is 22.5. The highest BCUT2D eigenvalue weighted by Crippen LogP contribution is 2.51. The van der Waals surface area contributed by atoms with E-state index < -0.39 is 0 Å². The summed E-state index contributed by atoms with van der Waals surface area (Å²) in [4.78, 5) is 5.03. The Hall–Kier alpha value is -5.74. The van der Waals surface area contributed by atoms with Crippen molar-refractivity contribution in [1.82, 2.24) is 19.3 Å². The Kier molecular flexibility index (Phi) is 5.72. The van der Waals surface area contributed by atoms with Gasteiger partial charge in [-0.2, -0.15) is 5.10 Å². The summed E-state index contributed by atoms with van der Waals surface area (Å²) in [5.41, 5.74) is 13.3. The van der Waals surface area contributed by atoms with E-state index in [-0.39, 0.29) is 5.41 Å². The molecule has 2 heterocycles. The van der Waals surface area contributed by atoms with Crippen LogP contribution in [0.1, 0.15) is 25.0 Å². The summed E-state index contributed by atoms with van der Waals surface area (Å²) < 4.78 is 4.27. The molecule has 9 rings (SSSR count). The second kappa shape index (κ2) is 9.88. The van der Waals surface area contributed by atoms with E-state index in [0.717, 1.165) is 22.6 Å². The third-order valence-electron chi connectivity index (χ3n) is 9.75. The average Bonchev–Trinajstić information content (AvgIpc) is 3.72. The molecule has 0 N–H and O–H groups in total. The largest absolute Gasteiger partial charge is 0.309 e. The fourth-order valence-electron chi connectivity index (χ4n) is 7.43. The smallest absolute Gasteiger partial charge is 0.181 e. The van der Waals surface area contributed by atoms with Crippen molar-refractivity contribution in [3.8, 4) is 50.7 Å². The van der Waals surface area contributed by atoms with Crippen LogP contribution >= 0.6 is 0 Å². The molecule has 0 radical (unpaired) electrons. The number of rotatable bonds is 4. The summed E-state index contributed by atoms with van der Waals surface area (Å²) in [5, 5.41) is 7.40. The molecule has 4 heteroatoms. The van der Waals surface area contributed by atoms with Crippen molar-refractivity contribution in [1.29, 1.82) is 0 Å². The molecule has 0 saturated heterocycles. The fourth-order valence-corrected chi connectivity index (χ4v) is 7.43. The van der Waals surface area contributed by atoms with E-state index in [1.807, 2.05) is 17.8 Å². The molecule has 0 aliphatic heterocycles. The summed E-state index contributed by atoms with van der Waals surface area (Å²) >= 11 is 0. The minimum atomic E-state index is -0.0482. The van der Waals surface area contributed by atoms with Crippen LogP contribution in [0.25, 0.3) is 72.5 Å². The predicted octanol–water partition coefficient (Wildman–Crippen LogP) is 10.2. The zero-order valence-corrected chi connectivity index (χ0v) is 26.1. The maximum atomic E-state index is 5.03. The fraction of sp³-hybridized carbons (Fsp3) is 0.0952. The highest BCUT2D eigenvalue weighted by molar-refractivity contribution is 6.11. The molecule has 6 aromatic carbocycles. The summed E-state index contributed by atoms with van der Waals surface area (Å²) in [7, 11) is 1.97. The number of nitrogens with zero attached hydrogens (tertiary/aromatic N) is 4. The summed E-state index contributed by atoms with van der Waals surface area (Å²) in [6.45, 7) is 4.69. The maximum Gasteiger partial charge on any atom is 0.181 e. The van der Waals surface area contributed by atoms with Crippen LogP contribution in [-0.4, -0.2) is 19.3 Å². The predicted molar refractivity (Wildman–Crippen MR) is 189 cm³/mol. The Morgan fingerprint density at radius 2 is 1.22 bits per heavy atom. The van der Waals surface area contributed by atoms with Crippen molar-refractivity contribution >= 4 is 21.8 Å². The molecule has 0 bridgehead atoms. The van der Waals surface area contributed by atoms with Gasteiger partial charge in [0.25, 0.3) is 0 Å². The molecule has 220 valence electrons. The van der Waals surface area contributed by atoms with E-state index in [1.54, 1.807) is 0 Å². The normalized spacial score (nSPS) is 13.3. The van der Waals surface area contributed by atoms with Crippen molar-refractivity contribution in [2.24, 2.45) is 7.05 Å². The van der Waals surface area contributed by atoms with Crippen LogP contribution in [0.4, 0.5) is 0 Å². The third-order valence-corrected chi connectivity index (χ3v) is 9.75. The Morgan fingerprint density at radius 3 is 2.07 bits per heavy atom. The number of para-hydroxylation sites is 1. The molecule has 1 aliphatic carbocycles. The van der Waals surface area contributed by atoms with E-state index in [0.29, 0.717) is 5.82 Å². The summed E-state index contributed by atoms with van der Waals surface area (Å²) in [6, 6.07) is 50.0. The lowest BCUT2D eigenvalue weighted by Gasteiger charge is -2.21. The van der Waals surface area contributed by atoms with E-state index in [2.05, 4.69) is 152 Å². The molecule has 4 nitrogen and oxygen atoms in total.